The molecule has 0 aliphatic heterocycles. The lowest BCUT2D eigenvalue weighted by Gasteiger charge is -2.15. The van der Waals surface area contributed by atoms with Crippen molar-refractivity contribution >= 4 is 20.8 Å². The zero-order valence-corrected chi connectivity index (χ0v) is 13.7. The molecule has 1 heterocycles. The Kier molecular flexibility index (Phi) is 4.10. The summed E-state index contributed by atoms with van der Waals surface area (Å²) in [5.41, 5.74) is 1.11. The molecule has 0 fully saturated rings. The average molecular weight is 331 g/mol. The third-order valence-corrected chi connectivity index (χ3v) is 5.33. The van der Waals surface area contributed by atoms with Crippen LogP contribution in [0, 0.1) is 0 Å². The molecule has 3 rings (SSSR count). The first-order valence-electron chi connectivity index (χ1n) is 7.15. The van der Waals surface area contributed by atoms with E-state index in [4.69, 9.17) is 0 Å². The van der Waals surface area contributed by atoms with Gasteiger partial charge in [0.25, 0.3) is 10.0 Å². The SMILES string of the molecule is CN(CCc1cccc2ccccc12)S(=O)(=O)c1nnn(C)n1. The number of aryl methyl sites for hydroxylation is 1. The summed E-state index contributed by atoms with van der Waals surface area (Å²) < 4.78 is 26.0. The van der Waals surface area contributed by atoms with Gasteiger partial charge in [-0.3, -0.25) is 0 Å². The highest BCUT2D eigenvalue weighted by molar-refractivity contribution is 7.88. The molecule has 3 aromatic rings. The molecule has 0 aliphatic carbocycles. The van der Waals surface area contributed by atoms with Crippen molar-refractivity contribution in [1.82, 2.24) is 24.5 Å². The molecule has 7 nitrogen and oxygen atoms in total. The molecule has 23 heavy (non-hydrogen) atoms. The zero-order chi connectivity index (χ0) is 16.4. The summed E-state index contributed by atoms with van der Waals surface area (Å²) in [5.74, 6) is 0. The molecule has 0 bridgehead atoms. The van der Waals surface area contributed by atoms with E-state index in [1.165, 1.54) is 18.4 Å². The van der Waals surface area contributed by atoms with Crippen LogP contribution in [0.2, 0.25) is 0 Å². The van der Waals surface area contributed by atoms with Crippen molar-refractivity contribution in [2.24, 2.45) is 7.05 Å². The van der Waals surface area contributed by atoms with E-state index in [9.17, 15) is 8.42 Å². The highest BCUT2D eigenvalue weighted by atomic mass is 32.2. The third-order valence-electron chi connectivity index (χ3n) is 3.71. The molecule has 2 aromatic carbocycles. The minimum Gasteiger partial charge on any atom is -0.203 e. The highest BCUT2D eigenvalue weighted by Crippen LogP contribution is 2.19. The lowest BCUT2D eigenvalue weighted by molar-refractivity contribution is 0.465. The number of benzene rings is 2. The summed E-state index contributed by atoms with van der Waals surface area (Å²) in [6.07, 6.45) is 0.608. The zero-order valence-electron chi connectivity index (χ0n) is 12.9. The summed E-state index contributed by atoms with van der Waals surface area (Å²) in [4.78, 5) is 1.13. The van der Waals surface area contributed by atoms with Crippen LogP contribution in [0.25, 0.3) is 10.8 Å². The number of aromatic nitrogens is 4. The first-order valence-corrected chi connectivity index (χ1v) is 8.59. The maximum absolute atomic E-state index is 12.4. The number of fused-ring (bicyclic) bond motifs is 1. The summed E-state index contributed by atoms with van der Waals surface area (Å²) in [6, 6.07) is 14.1. The molecule has 0 N–H and O–H groups in total. The Hall–Kier alpha value is -2.32. The van der Waals surface area contributed by atoms with Crippen LogP contribution >= 0.6 is 0 Å². The van der Waals surface area contributed by atoms with Crippen molar-refractivity contribution < 1.29 is 8.42 Å². The van der Waals surface area contributed by atoms with Crippen LogP contribution in [0.4, 0.5) is 0 Å². The number of sulfonamides is 1. The fourth-order valence-corrected chi connectivity index (χ4v) is 3.39. The van der Waals surface area contributed by atoms with Gasteiger partial charge in [-0.05, 0) is 28.0 Å². The first-order chi connectivity index (χ1) is 11.0. The molecule has 120 valence electrons. The molecule has 0 aliphatic rings. The fraction of sp³-hybridized carbons (Fsp3) is 0.267. The normalized spacial score (nSPS) is 12.1. The van der Waals surface area contributed by atoms with Crippen molar-refractivity contribution in [3.63, 3.8) is 0 Å². The molecule has 1 aromatic heterocycles. The third kappa shape index (κ3) is 3.08. The molecule has 0 radical (unpaired) electrons. The van der Waals surface area contributed by atoms with Gasteiger partial charge in [0.1, 0.15) is 0 Å². The van der Waals surface area contributed by atoms with E-state index in [0.29, 0.717) is 13.0 Å². The number of hydrogen-bond acceptors (Lipinski definition) is 5. The minimum atomic E-state index is -3.71. The quantitative estimate of drug-likeness (QED) is 0.702. The van der Waals surface area contributed by atoms with Crippen LogP contribution in [-0.4, -0.2) is 46.5 Å². The van der Waals surface area contributed by atoms with Gasteiger partial charge in [0.15, 0.2) is 0 Å². The van der Waals surface area contributed by atoms with Crippen molar-refractivity contribution in [2.75, 3.05) is 13.6 Å². The van der Waals surface area contributed by atoms with E-state index in [1.54, 1.807) is 0 Å². The summed E-state index contributed by atoms with van der Waals surface area (Å²) in [7, 11) is -0.659. The second-order valence-electron chi connectivity index (χ2n) is 5.28. The standard InChI is InChI=1S/C15H17N5O2S/c1-19(23(21,22)15-16-18-20(2)17-15)11-10-13-8-5-7-12-6-3-4-9-14(12)13/h3-9H,10-11H2,1-2H3. The smallest absolute Gasteiger partial charge is 0.203 e. The van der Waals surface area contributed by atoms with Crippen LogP contribution in [0.5, 0.6) is 0 Å². The number of likely N-dealkylation sites (N-methyl/N-ethyl adjacent to an activating group) is 1. The molecular weight excluding hydrogens is 314 g/mol. The van der Waals surface area contributed by atoms with Crippen LogP contribution in [-0.2, 0) is 23.5 Å². The van der Waals surface area contributed by atoms with Gasteiger partial charge in [-0.1, -0.05) is 47.6 Å². The number of nitrogens with zero attached hydrogens (tertiary/aromatic N) is 5. The Balaban J connectivity index is 1.79. The van der Waals surface area contributed by atoms with E-state index < -0.39 is 10.0 Å². The van der Waals surface area contributed by atoms with E-state index in [0.717, 1.165) is 21.1 Å². The number of rotatable bonds is 5. The highest BCUT2D eigenvalue weighted by Gasteiger charge is 2.25. The average Bonchev–Trinajstić information content (AvgIpc) is 2.99. The predicted octanol–water partition coefficient (Wildman–Crippen LogP) is 1.23. The lowest BCUT2D eigenvalue weighted by Crippen LogP contribution is -2.30. The Morgan fingerprint density at radius 3 is 2.61 bits per heavy atom. The van der Waals surface area contributed by atoms with Crippen LogP contribution in [0.15, 0.2) is 47.6 Å². The van der Waals surface area contributed by atoms with E-state index >= 15 is 0 Å². The second kappa shape index (κ2) is 6.05. The molecule has 0 amide bonds. The maximum Gasteiger partial charge on any atom is 0.303 e. The summed E-state index contributed by atoms with van der Waals surface area (Å²) in [6.45, 7) is 0.342. The first kappa shape index (κ1) is 15.6. The van der Waals surface area contributed by atoms with Crippen LogP contribution in [0.3, 0.4) is 0 Å². The largest absolute Gasteiger partial charge is 0.303 e. The van der Waals surface area contributed by atoms with Gasteiger partial charge < -0.3 is 0 Å². The van der Waals surface area contributed by atoms with E-state index in [2.05, 4.69) is 15.4 Å². The number of tetrazole rings is 1. The number of hydrogen-bond donors (Lipinski definition) is 0. The second-order valence-corrected chi connectivity index (χ2v) is 7.21. The van der Waals surface area contributed by atoms with Gasteiger partial charge in [0.2, 0.25) is 0 Å². The molecule has 0 saturated carbocycles. The topological polar surface area (TPSA) is 81.0 Å². The molecule has 0 spiro atoms. The van der Waals surface area contributed by atoms with Crippen molar-refractivity contribution in [1.29, 1.82) is 0 Å². The monoisotopic (exact) mass is 331 g/mol. The fourth-order valence-electron chi connectivity index (χ4n) is 2.42. The van der Waals surface area contributed by atoms with E-state index in [-0.39, 0.29) is 5.16 Å². The molecular formula is C15H17N5O2S. The molecule has 0 atom stereocenters. The van der Waals surface area contributed by atoms with Crippen molar-refractivity contribution in [3.05, 3.63) is 48.0 Å². The minimum absolute atomic E-state index is 0.277. The van der Waals surface area contributed by atoms with Gasteiger partial charge in [-0.15, -0.1) is 5.10 Å². The Morgan fingerprint density at radius 1 is 1.13 bits per heavy atom. The van der Waals surface area contributed by atoms with Crippen LogP contribution in [0.1, 0.15) is 5.56 Å². The van der Waals surface area contributed by atoms with Crippen LogP contribution < -0.4 is 0 Å². The van der Waals surface area contributed by atoms with Crippen molar-refractivity contribution in [2.45, 2.75) is 11.6 Å². The summed E-state index contributed by atoms with van der Waals surface area (Å²) in [5, 5.41) is 12.9. The van der Waals surface area contributed by atoms with Gasteiger partial charge in [0.05, 0.1) is 7.05 Å². The van der Waals surface area contributed by atoms with E-state index in [1.807, 2.05) is 42.5 Å². The Morgan fingerprint density at radius 2 is 1.87 bits per heavy atom. The van der Waals surface area contributed by atoms with Crippen molar-refractivity contribution in [3.8, 4) is 0 Å². The van der Waals surface area contributed by atoms with Gasteiger partial charge >= 0.3 is 5.16 Å². The van der Waals surface area contributed by atoms with Gasteiger partial charge in [-0.2, -0.15) is 9.10 Å². The predicted molar refractivity (Wildman–Crippen MR) is 86.3 cm³/mol. The van der Waals surface area contributed by atoms with Gasteiger partial charge in [0, 0.05) is 13.6 Å². The molecule has 0 unspecified atom stereocenters. The summed E-state index contributed by atoms with van der Waals surface area (Å²) >= 11 is 0. The Bertz CT molecular complexity index is 930. The Labute approximate surface area is 134 Å². The molecule has 8 heteroatoms. The maximum atomic E-state index is 12.4. The van der Waals surface area contributed by atoms with Gasteiger partial charge in [-0.25, -0.2) is 8.42 Å². The lowest BCUT2D eigenvalue weighted by atomic mass is 10.0. The molecule has 0 saturated heterocycles.